The zero-order valence-corrected chi connectivity index (χ0v) is 68.9. The van der Waals surface area contributed by atoms with E-state index in [1.165, 1.54) is 83.5 Å². The smallest absolute Gasteiger partial charge is 0.462 e. The number of allylic oxidation sites excluding steroid dienone is 18. The van der Waals surface area contributed by atoms with Crippen molar-refractivity contribution in [2.75, 3.05) is 39.6 Å². The topological polar surface area (TPSA) is 237 Å². The van der Waals surface area contributed by atoms with Crippen LogP contribution in [0.25, 0.3) is 0 Å². The number of aliphatic hydroxyl groups excluding tert-OH is 1. The Morgan fingerprint density at radius 3 is 0.792 bits per heavy atom. The summed E-state index contributed by atoms with van der Waals surface area (Å²) in [6.07, 6.45) is 86.2. The fraction of sp³-hybridized carbons (Fsp3) is 0.747. The van der Waals surface area contributed by atoms with Crippen LogP contribution in [0.2, 0.25) is 0 Å². The van der Waals surface area contributed by atoms with Crippen molar-refractivity contribution in [3.63, 3.8) is 0 Å². The molecule has 17 nitrogen and oxygen atoms in total. The molecule has 0 amide bonds. The number of hydrogen-bond acceptors (Lipinski definition) is 15. The molecule has 0 fully saturated rings. The highest BCUT2D eigenvalue weighted by atomic mass is 31.2. The maximum absolute atomic E-state index is 13.1. The van der Waals surface area contributed by atoms with E-state index in [4.69, 9.17) is 37.0 Å². The second-order valence-corrected chi connectivity index (χ2v) is 30.9. The summed E-state index contributed by atoms with van der Waals surface area (Å²) in [6, 6.07) is 0. The first-order valence-corrected chi connectivity index (χ1v) is 45.1. The van der Waals surface area contributed by atoms with E-state index in [1.807, 2.05) is 0 Å². The molecular weight excluding hydrogens is 1380 g/mol. The molecule has 0 saturated carbocycles. The minimum Gasteiger partial charge on any atom is -0.462 e. The number of phosphoric ester groups is 2. The van der Waals surface area contributed by atoms with Crippen LogP contribution >= 0.6 is 15.6 Å². The highest BCUT2D eigenvalue weighted by Gasteiger charge is 2.30. The van der Waals surface area contributed by atoms with Crippen LogP contribution in [0.1, 0.15) is 362 Å². The summed E-state index contributed by atoms with van der Waals surface area (Å²) in [5.41, 5.74) is 0. The van der Waals surface area contributed by atoms with Crippen molar-refractivity contribution in [1.29, 1.82) is 0 Å². The van der Waals surface area contributed by atoms with E-state index in [-0.39, 0.29) is 25.7 Å². The van der Waals surface area contributed by atoms with Crippen LogP contribution < -0.4 is 0 Å². The van der Waals surface area contributed by atoms with E-state index >= 15 is 0 Å². The van der Waals surface area contributed by atoms with Crippen LogP contribution in [-0.4, -0.2) is 96.7 Å². The first kappa shape index (κ1) is 102. The second kappa shape index (κ2) is 78.8. The average molecular weight is 1530 g/mol. The molecule has 0 rings (SSSR count). The minimum absolute atomic E-state index is 0.0757. The van der Waals surface area contributed by atoms with Gasteiger partial charge in [-0.25, -0.2) is 9.13 Å². The molecule has 0 aromatic heterocycles. The molecule has 106 heavy (non-hydrogen) atoms. The Morgan fingerprint density at radius 1 is 0.274 bits per heavy atom. The first-order valence-electron chi connectivity index (χ1n) is 42.1. The van der Waals surface area contributed by atoms with Gasteiger partial charge in [-0.05, 0) is 154 Å². The summed E-state index contributed by atoms with van der Waals surface area (Å²) in [5.74, 6) is -2.21. The maximum Gasteiger partial charge on any atom is 0.472 e. The van der Waals surface area contributed by atoms with Crippen molar-refractivity contribution in [2.45, 2.75) is 380 Å². The van der Waals surface area contributed by atoms with E-state index in [0.717, 1.165) is 199 Å². The summed E-state index contributed by atoms with van der Waals surface area (Å²) in [6.45, 7) is 4.72. The Balaban J connectivity index is 5.38. The Kier molecular flexibility index (Phi) is 75.6. The van der Waals surface area contributed by atoms with Crippen LogP contribution in [0.4, 0.5) is 0 Å². The van der Waals surface area contributed by atoms with Gasteiger partial charge >= 0.3 is 39.5 Å². The van der Waals surface area contributed by atoms with Crippen LogP contribution in [0, 0.1) is 0 Å². The summed E-state index contributed by atoms with van der Waals surface area (Å²) >= 11 is 0. The zero-order chi connectivity index (χ0) is 77.4. The molecule has 0 bridgehead atoms. The van der Waals surface area contributed by atoms with Gasteiger partial charge in [-0.2, -0.15) is 0 Å². The largest absolute Gasteiger partial charge is 0.472 e. The molecule has 5 unspecified atom stereocenters. The lowest BCUT2D eigenvalue weighted by Gasteiger charge is -2.21. The molecule has 612 valence electrons. The Hall–Kier alpha value is -4.28. The molecule has 0 aliphatic carbocycles. The molecule has 0 aromatic rings. The SMILES string of the molecule is CC/C=C\C/C=C\C/C=C\C/C=C\CCCCCCCCC(=O)OCC(COP(=O)(O)OCC(O)COP(=O)(O)OCC(COC(=O)CCCCCCC/C=C\CCCCCCCC)OC(=O)CCCCCCC/C=C\CCCCCC)OC(=O)CCCCCCCC/C=C\C/C=C\C/C=C\CCCCC. The Bertz CT molecular complexity index is 2430. The number of hydrogen-bond donors (Lipinski definition) is 3. The van der Waals surface area contributed by atoms with E-state index < -0.39 is 97.5 Å². The third-order valence-electron chi connectivity index (χ3n) is 17.7. The molecule has 5 atom stereocenters. The fourth-order valence-corrected chi connectivity index (χ4v) is 12.8. The number of carbonyl (C=O) groups is 4. The van der Waals surface area contributed by atoms with Crippen molar-refractivity contribution in [3.8, 4) is 0 Å². The first-order chi connectivity index (χ1) is 51.7. The molecule has 0 radical (unpaired) electrons. The summed E-state index contributed by atoms with van der Waals surface area (Å²) in [5, 5.41) is 10.7. The third kappa shape index (κ3) is 77.9. The van der Waals surface area contributed by atoms with Gasteiger partial charge in [-0.1, -0.05) is 291 Å². The van der Waals surface area contributed by atoms with E-state index in [2.05, 4.69) is 137 Å². The van der Waals surface area contributed by atoms with Gasteiger partial charge in [0.15, 0.2) is 12.2 Å². The Morgan fingerprint density at radius 2 is 0.491 bits per heavy atom. The molecule has 0 aromatic carbocycles. The molecule has 0 aliphatic rings. The second-order valence-electron chi connectivity index (χ2n) is 28.0. The van der Waals surface area contributed by atoms with Gasteiger partial charge in [-0.3, -0.25) is 37.3 Å². The zero-order valence-electron chi connectivity index (χ0n) is 67.1. The highest BCUT2D eigenvalue weighted by Crippen LogP contribution is 2.45. The van der Waals surface area contributed by atoms with Gasteiger partial charge in [0, 0.05) is 25.7 Å². The minimum atomic E-state index is -4.99. The van der Waals surface area contributed by atoms with Crippen molar-refractivity contribution in [1.82, 2.24) is 0 Å². The number of phosphoric acid groups is 2. The molecule has 3 N–H and O–H groups in total. The molecular formula is C87H152O17P2. The lowest BCUT2D eigenvalue weighted by atomic mass is 10.1. The van der Waals surface area contributed by atoms with Gasteiger partial charge in [0.25, 0.3) is 0 Å². The summed E-state index contributed by atoms with van der Waals surface area (Å²) in [4.78, 5) is 73.2. The van der Waals surface area contributed by atoms with Gasteiger partial charge in [0.05, 0.1) is 26.4 Å². The van der Waals surface area contributed by atoms with Gasteiger partial charge in [-0.15, -0.1) is 0 Å². The average Bonchev–Trinajstić information content (AvgIpc) is 0.903. The number of rotatable bonds is 79. The molecule has 0 saturated heterocycles. The molecule has 0 aliphatic heterocycles. The van der Waals surface area contributed by atoms with E-state index in [0.29, 0.717) is 25.7 Å². The molecule has 19 heteroatoms. The lowest BCUT2D eigenvalue weighted by molar-refractivity contribution is -0.161. The number of esters is 4. The van der Waals surface area contributed by atoms with Gasteiger partial charge in [0.2, 0.25) is 0 Å². The quantitative estimate of drug-likeness (QED) is 0.0169. The van der Waals surface area contributed by atoms with Crippen molar-refractivity contribution < 1.29 is 80.2 Å². The standard InChI is InChI=1S/C87H152O17P2/c1-5-9-13-17-21-25-29-33-36-38-40-42-45-49-52-56-60-64-68-72-85(90)98-78-83(104-87(92)74-70-66-62-58-54-50-46-43-41-39-37-34-30-26-22-18-14-10-6-2)80-102-106(95,96)100-76-81(88)75-99-105(93,94)101-79-82(103-86(91)73-69-65-61-57-53-47-32-28-24-20-16-12-8-4)77-97-84(89)71-67-63-59-55-51-48-44-35-31-27-23-19-15-11-7-3/h9,13,21-22,25-26,28,32-37,40-44,81-83,88H,5-8,10-12,14-20,23-24,27,29-31,38-39,45-80H2,1-4H3,(H,93,94)(H,95,96)/b13-9-,25-21-,26-22-,32-28-,36-33-,37-34-,42-40-,43-41-,44-35-. The van der Waals surface area contributed by atoms with E-state index in [1.54, 1.807) is 0 Å². The summed E-state index contributed by atoms with van der Waals surface area (Å²) in [7, 11) is -9.97. The predicted octanol–water partition coefficient (Wildman–Crippen LogP) is 24.9. The van der Waals surface area contributed by atoms with Gasteiger partial charge < -0.3 is 33.8 Å². The highest BCUT2D eigenvalue weighted by molar-refractivity contribution is 7.47. The van der Waals surface area contributed by atoms with Crippen LogP contribution in [-0.2, 0) is 65.4 Å². The lowest BCUT2D eigenvalue weighted by Crippen LogP contribution is -2.30. The number of carbonyl (C=O) groups excluding carboxylic acids is 4. The number of ether oxygens (including phenoxy) is 4. The van der Waals surface area contributed by atoms with Crippen molar-refractivity contribution in [2.24, 2.45) is 0 Å². The van der Waals surface area contributed by atoms with Gasteiger partial charge in [0.1, 0.15) is 19.3 Å². The Labute approximate surface area is 645 Å². The van der Waals surface area contributed by atoms with Crippen molar-refractivity contribution in [3.05, 3.63) is 109 Å². The molecule has 0 heterocycles. The van der Waals surface area contributed by atoms with Crippen LogP contribution in [0.15, 0.2) is 109 Å². The van der Waals surface area contributed by atoms with Crippen LogP contribution in [0.5, 0.6) is 0 Å². The fourth-order valence-electron chi connectivity index (χ4n) is 11.3. The van der Waals surface area contributed by atoms with Crippen molar-refractivity contribution >= 4 is 39.5 Å². The monoisotopic (exact) mass is 1530 g/mol. The normalized spacial score (nSPS) is 14.4. The molecule has 0 spiro atoms. The summed E-state index contributed by atoms with van der Waals surface area (Å²) < 4.78 is 68.7. The number of unbranched alkanes of at least 4 members (excludes halogenated alkanes) is 35. The maximum atomic E-state index is 13.1. The van der Waals surface area contributed by atoms with Crippen LogP contribution in [0.3, 0.4) is 0 Å². The third-order valence-corrected chi connectivity index (χ3v) is 19.6. The number of aliphatic hydroxyl groups is 1. The van der Waals surface area contributed by atoms with E-state index in [9.17, 15) is 43.2 Å². The predicted molar refractivity (Wildman–Crippen MR) is 436 cm³/mol.